The fourth-order valence-corrected chi connectivity index (χ4v) is 6.94. The topological polar surface area (TPSA) is 74.3 Å². The molecule has 0 aliphatic carbocycles. The van der Waals surface area contributed by atoms with E-state index >= 15 is 0 Å². The number of hydrogen-bond donors (Lipinski definition) is 1. The lowest BCUT2D eigenvalue weighted by atomic mass is 9.98. The van der Waals surface area contributed by atoms with Crippen LogP contribution in [0.25, 0.3) is 10.8 Å². The Morgan fingerprint density at radius 1 is 0.977 bits per heavy atom. The number of nitrogens with one attached hydrogen (secondary N) is 1. The third-order valence-corrected chi connectivity index (χ3v) is 10.2. The first-order chi connectivity index (χ1) is 21.2. The molecule has 0 radical (unpaired) electrons. The quantitative estimate of drug-likeness (QED) is 0.155. The van der Waals surface area contributed by atoms with Gasteiger partial charge >= 0.3 is 12.0 Å². The number of benzene rings is 3. The number of piperidine rings is 1. The Bertz CT molecular complexity index is 1430. The number of esters is 1. The first-order valence-electron chi connectivity index (χ1n) is 15.4. The van der Waals surface area contributed by atoms with Gasteiger partial charge in [0.15, 0.2) is 0 Å². The van der Waals surface area contributed by atoms with Crippen LogP contribution in [0.4, 0.5) is 10.5 Å². The van der Waals surface area contributed by atoms with Gasteiger partial charge in [-0.25, -0.2) is 9.59 Å². The number of anilines is 1. The van der Waals surface area contributed by atoms with Gasteiger partial charge in [0, 0.05) is 50.5 Å². The molecule has 2 unspecified atom stereocenters. The maximum atomic E-state index is 13.6. The Morgan fingerprint density at radius 3 is 2.43 bits per heavy atom. The second-order valence-corrected chi connectivity index (χ2v) is 13.7. The number of carbonyl (C=O) groups excluding carboxylic acids is 2. The van der Waals surface area contributed by atoms with Crippen molar-refractivity contribution in [1.29, 1.82) is 0 Å². The smallest absolute Gasteiger partial charge is 0.338 e. The second kappa shape index (κ2) is 15.1. The van der Waals surface area contributed by atoms with Crippen molar-refractivity contribution in [3.63, 3.8) is 0 Å². The van der Waals surface area contributed by atoms with Crippen LogP contribution < -0.4 is 10.2 Å². The van der Waals surface area contributed by atoms with Crippen molar-refractivity contribution >= 4 is 62.7 Å². The van der Waals surface area contributed by atoms with Crippen LogP contribution in [0.5, 0.6) is 0 Å². The molecule has 2 amide bonds. The molecule has 3 aromatic carbocycles. The average molecular weight is 733 g/mol. The Kier molecular flexibility index (Phi) is 11.3. The molecule has 1 N–H and O–H groups in total. The summed E-state index contributed by atoms with van der Waals surface area (Å²) in [6.07, 6.45) is 1.06. The molecule has 2 aliphatic rings. The van der Waals surface area contributed by atoms with E-state index < -0.39 is 6.10 Å². The van der Waals surface area contributed by atoms with E-state index in [0.29, 0.717) is 31.0 Å². The molecule has 10 heteroatoms. The van der Waals surface area contributed by atoms with Crippen molar-refractivity contribution in [1.82, 2.24) is 15.1 Å². The largest absolute Gasteiger partial charge is 0.455 e. The molecule has 2 heterocycles. The average Bonchev–Trinajstić information content (AvgIpc) is 3.03. The number of alkyl halides is 1. The molecule has 3 aromatic rings. The number of nitrogens with zero attached hydrogens (tertiary/aromatic N) is 3. The number of fused-ring (bicyclic) bond motifs is 1. The number of amides is 2. The summed E-state index contributed by atoms with van der Waals surface area (Å²) in [7, 11) is 1.66. The van der Waals surface area contributed by atoms with Crippen LogP contribution in [0.3, 0.4) is 0 Å². The summed E-state index contributed by atoms with van der Waals surface area (Å²) in [6.45, 7) is 8.53. The number of piperazine rings is 1. The van der Waals surface area contributed by atoms with Crippen LogP contribution in [0.2, 0.25) is 5.02 Å². The molecule has 2 aliphatic heterocycles. The minimum absolute atomic E-state index is 0.00716. The van der Waals surface area contributed by atoms with E-state index in [1.165, 1.54) is 0 Å². The van der Waals surface area contributed by atoms with Crippen molar-refractivity contribution in [2.24, 2.45) is 5.92 Å². The van der Waals surface area contributed by atoms with Gasteiger partial charge in [-0.1, -0.05) is 61.8 Å². The minimum atomic E-state index is -0.465. The second-order valence-electron chi connectivity index (χ2n) is 12.1. The van der Waals surface area contributed by atoms with Gasteiger partial charge in [0.05, 0.1) is 24.2 Å². The normalized spacial score (nSPS) is 20.9. The molecule has 236 valence electrons. The summed E-state index contributed by atoms with van der Waals surface area (Å²) in [4.78, 5) is 33.7. The molecule has 0 aromatic heterocycles. The lowest BCUT2D eigenvalue weighted by Gasteiger charge is -2.46. The molecule has 2 saturated heterocycles. The SMILES string of the molecule is COC(I)C(CC(C)C)NC(=O)N1CC[C@@H](N2CCN(c3cccc(Cl)c3)CC2)[C@H](OC(=O)c2ccc3ccccc3c2)C1. The van der Waals surface area contributed by atoms with Crippen molar-refractivity contribution in [2.45, 2.75) is 49.0 Å². The zero-order valence-corrected chi connectivity index (χ0v) is 28.5. The monoisotopic (exact) mass is 732 g/mol. The van der Waals surface area contributed by atoms with E-state index in [2.05, 4.69) is 57.6 Å². The molecule has 0 saturated carbocycles. The van der Waals surface area contributed by atoms with Crippen LogP contribution in [0.15, 0.2) is 66.7 Å². The van der Waals surface area contributed by atoms with Crippen LogP contribution in [0.1, 0.15) is 37.0 Å². The minimum Gasteiger partial charge on any atom is -0.455 e. The van der Waals surface area contributed by atoms with Crippen LogP contribution in [-0.2, 0) is 9.47 Å². The molecule has 0 spiro atoms. The van der Waals surface area contributed by atoms with E-state index in [1.807, 2.05) is 60.7 Å². The summed E-state index contributed by atoms with van der Waals surface area (Å²) >= 11 is 8.49. The molecule has 8 nitrogen and oxygen atoms in total. The fraction of sp³-hybridized carbons (Fsp3) is 0.471. The van der Waals surface area contributed by atoms with Gasteiger partial charge in [0.1, 0.15) is 10.2 Å². The standard InChI is InChI=1S/C34H42ClIN4O4/c1-23(2)19-29(32(36)43-3)37-34(42)40-14-13-30(39-17-15-38(16-18-39)28-10-6-9-27(35)21-28)31(22-40)44-33(41)26-12-11-24-7-4-5-8-25(24)20-26/h4-12,20-21,23,29-32H,13-19,22H2,1-3H3,(H,37,42)/t29?,30-,31-,32?/m1/s1. The zero-order chi connectivity index (χ0) is 31.2. The first kappa shape index (κ1) is 32.8. The van der Waals surface area contributed by atoms with E-state index in [9.17, 15) is 9.59 Å². The summed E-state index contributed by atoms with van der Waals surface area (Å²) < 4.78 is 11.7. The Labute approximate surface area is 279 Å². The van der Waals surface area contributed by atoms with Crippen LogP contribution in [0, 0.1) is 5.92 Å². The fourth-order valence-electron chi connectivity index (χ4n) is 6.28. The number of urea groups is 1. The van der Waals surface area contributed by atoms with Crippen LogP contribution >= 0.6 is 34.2 Å². The highest BCUT2D eigenvalue weighted by atomic mass is 127. The number of likely N-dealkylation sites (tertiary alicyclic amines) is 1. The molecule has 2 fully saturated rings. The first-order valence-corrected chi connectivity index (χ1v) is 17.0. The summed E-state index contributed by atoms with van der Waals surface area (Å²) in [6, 6.07) is 21.3. The Hall–Kier alpha value is -2.60. The number of methoxy groups -OCH3 is 1. The Balaban J connectivity index is 1.31. The molecular formula is C34H42ClIN4O4. The number of hydrogen-bond acceptors (Lipinski definition) is 6. The van der Waals surface area contributed by atoms with E-state index in [4.69, 9.17) is 21.1 Å². The highest BCUT2D eigenvalue weighted by molar-refractivity contribution is 14.1. The van der Waals surface area contributed by atoms with Gasteiger partial charge in [-0.3, -0.25) is 4.90 Å². The molecular weight excluding hydrogens is 691 g/mol. The summed E-state index contributed by atoms with van der Waals surface area (Å²) in [5.41, 5.74) is 1.63. The van der Waals surface area contributed by atoms with Crippen molar-refractivity contribution in [3.05, 3.63) is 77.3 Å². The van der Waals surface area contributed by atoms with Gasteiger partial charge in [0.25, 0.3) is 0 Å². The lowest BCUT2D eigenvalue weighted by molar-refractivity contribution is -0.0315. The highest BCUT2D eigenvalue weighted by Crippen LogP contribution is 2.27. The molecule has 4 atom stereocenters. The molecule has 44 heavy (non-hydrogen) atoms. The highest BCUT2D eigenvalue weighted by Gasteiger charge is 2.39. The number of carbonyl (C=O) groups is 2. The van der Waals surface area contributed by atoms with E-state index in [0.717, 1.165) is 54.1 Å². The van der Waals surface area contributed by atoms with Gasteiger partial charge < -0.3 is 24.6 Å². The third-order valence-electron chi connectivity index (χ3n) is 8.59. The van der Waals surface area contributed by atoms with Gasteiger partial charge in [-0.05, 0) is 82.5 Å². The zero-order valence-electron chi connectivity index (χ0n) is 25.6. The van der Waals surface area contributed by atoms with E-state index in [-0.39, 0.29) is 28.2 Å². The van der Waals surface area contributed by atoms with E-state index in [1.54, 1.807) is 12.0 Å². The third kappa shape index (κ3) is 8.16. The number of rotatable bonds is 9. The van der Waals surface area contributed by atoms with Crippen molar-refractivity contribution in [3.8, 4) is 0 Å². The lowest BCUT2D eigenvalue weighted by Crippen LogP contribution is -2.62. The predicted octanol–water partition coefficient (Wildman–Crippen LogP) is 6.45. The molecule has 5 rings (SSSR count). The number of halogens is 2. The Morgan fingerprint density at radius 2 is 1.73 bits per heavy atom. The number of ether oxygens (including phenoxy) is 2. The van der Waals surface area contributed by atoms with Crippen molar-refractivity contribution < 1.29 is 19.1 Å². The van der Waals surface area contributed by atoms with Gasteiger partial charge in [0.2, 0.25) is 0 Å². The maximum absolute atomic E-state index is 13.6. The summed E-state index contributed by atoms with van der Waals surface area (Å²) in [5, 5.41) is 5.99. The molecule has 0 bridgehead atoms. The predicted molar refractivity (Wildman–Crippen MR) is 185 cm³/mol. The van der Waals surface area contributed by atoms with Gasteiger partial charge in [-0.2, -0.15) is 0 Å². The maximum Gasteiger partial charge on any atom is 0.338 e. The van der Waals surface area contributed by atoms with Crippen molar-refractivity contribution in [2.75, 3.05) is 51.3 Å². The van der Waals surface area contributed by atoms with Crippen LogP contribution in [-0.4, -0.2) is 90.5 Å². The summed E-state index contributed by atoms with van der Waals surface area (Å²) in [5.74, 6) is 0.0367. The van der Waals surface area contributed by atoms with Gasteiger partial charge in [-0.15, -0.1) is 0 Å².